The second-order valence-electron chi connectivity index (χ2n) is 6.42. The first-order chi connectivity index (χ1) is 13.3. The number of hydrogen-bond acceptors (Lipinski definition) is 6. The van der Waals surface area contributed by atoms with Gasteiger partial charge in [0.05, 0.1) is 0 Å². The standard InChI is InChI=1S/C18H18Cl2N4O4/c19-14-7-11(8-15(20)22-14)10-28-13-3-1-12(2-4-13)18(21)5-6-24(17(18)26)9-16(25)23-27/h1-4,7-8,27H,5-6,9-10,21H2,(H,23,25). The topological polar surface area (TPSA) is 118 Å². The maximum atomic E-state index is 12.6. The zero-order valence-corrected chi connectivity index (χ0v) is 16.2. The van der Waals surface area contributed by atoms with Crippen LogP contribution in [-0.4, -0.2) is 40.0 Å². The van der Waals surface area contributed by atoms with Gasteiger partial charge < -0.3 is 15.4 Å². The number of nitrogens with zero attached hydrogens (tertiary/aromatic N) is 2. The number of rotatable bonds is 6. The number of hydrogen-bond donors (Lipinski definition) is 3. The fourth-order valence-electron chi connectivity index (χ4n) is 3.04. The average molecular weight is 425 g/mol. The van der Waals surface area contributed by atoms with Gasteiger partial charge in [0.2, 0.25) is 5.91 Å². The molecule has 28 heavy (non-hydrogen) atoms. The van der Waals surface area contributed by atoms with Crippen molar-refractivity contribution in [3.63, 3.8) is 0 Å². The van der Waals surface area contributed by atoms with Crippen molar-refractivity contribution >= 4 is 35.0 Å². The molecule has 4 N–H and O–H groups in total. The first-order valence-electron chi connectivity index (χ1n) is 8.38. The zero-order chi connectivity index (χ0) is 20.3. The molecule has 1 saturated heterocycles. The van der Waals surface area contributed by atoms with Crippen LogP contribution in [0.2, 0.25) is 10.3 Å². The monoisotopic (exact) mass is 424 g/mol. The average Bonchev–Trinajstić information content (AvgIpc) is 2.95. The van der Waals surface area contributed by atoms with Crippen molar-refractivity contribution < 1.29 is 19.5 Å². The van der Waals surface area contributed by atoms with Gasteiger partial charge in [0.15, 0.2) is 0 Å². The van der Waals surface area contributed by atoms with Crippen LogP contribution in [0.25, 0.3) is 0 Å². The lowest BCUT2D eigenvalue weighted by atomic mass is 9.89. The maximum Gasteiger partial charge on any atom is 0.262 e. The van der Waals surface area contributed by atoms with E-state index in [0.29, 0.717) is 24.3 Å². The fourth-order valence-corrected chi connectivity index (χ4v) is 3.55. The molecule has 1 unspecified atom stereocenters. The molecule has 2 aromatic rings. The fraction of sp³-hybridized carbons (Fsp3) is 0.278. The lowest BCUT2D eigenvalue weighted by Crippen LogP contribution is -2.47. The van der Waals surface area contributed by atoms with Crippen molar-refractivity contribution in [1.82, 2.24) is 15.4 Å². The van der Waals surface area contributed by atoms with Gasteiger partial charge in [-0.25, -0.2) is 10.5 Å². The minimum Gasteiger partial charge on any atom is -0.489 e. The summed E-state index contributed by atoms with van der Waals surface area (Å²) in [4.78, 5) is 29.1. The van der Waals surface area contributed by atoms with Gasteiger partial charge in [-0.15, -0.1) is 0 Å². The van der Waals surface area contributed by atoms with Gasteiger partial charge in [-0.3, -0.25) is 14.8 Å². The molecule has 0 aliphatic carbocycles. The summed E-state index contributed by atoms with van der Waals surface area (Å²) < 4.78 is 5.71. The van der Waals surface area contributed by atoms with Crippen molar-refractivity contribution in [3.05, 3.63) is 57.8 Å². The van der Waals surface area contributed by atoms with Crippen LogP contribution >= 0.6 is 23.2 Å². The lowest BCUT2D eigenvalue weighted by Gasteiger charge is -2.23. The Morgan fingerprint density at radius 1 is 1.29 bits per heavy atom. The molecule has 0 spiro atoms. The predicted molar refractivity (Wildman–Crippen MR) is 102 cm³/mol. The van der Waals surface area contributed by atoms with Gasteiger partial charge in [0.25, 0.3) is 5.91 Å². The number of benzene rings is 1. The van der Waals surface area contributed by atoms with Crippen LogP contribution in [-0.2, 0) is 21.7 Å². The number of hydroxylamine groups is 1. The lowest BCUT2D eigenvalue weighted by molar-refractivity contribution is -0.139. The first-order valence-corrected chi connectivity index (χ1v) is 9.14. The van der Waals surface area contributed by atoms with Gasteiger partial charge in [-0.2, -0.15) is 0 Å². The van der Waals surface area contributed by atoms with E-state index >= 15 is 0 Å². The van der Waals surface area contributed by atoms with Gasteiger partial charge in [-0.05, 0) is 41.8 Å². The minimum atomic E-state index is -1.22. The molecular formula is C18H18Cl2N4O4. The van der Waals surface area contributed by atoms with Crippen LogP contribution < -0.4 is 16.0 Å². The molecule has 0 radical (unpaired) electrons. The third-order valence-electron chi connectivity index (χ3n) is 4.50. The Bertz CT molecular complexity index is 873. The van der Waals surface area contributed by atoms with E-state index < -0.39 is 11.4 Å². The van der Waals surface area contributed by atoms with E-state index in [1.807, 2.05) is 0 Å². The third kappa shape index (κ3) is 4.36. The molecule has 1 aliphatic rings. The van der Waals surface area contributed by atoms with Crippen LogP contribution in [0, 0.1) is 0 Å². The Morgan fingerprint density at radius 3 is 2.54 bits per heavy atom. The molecule has 3 rings (SSSR count). The highest BCUT2D eigenvalue weighted by Gasteiger charge is 2.45. The van der Waals surface area contributed by atoms with E-state index in [1.165, 1.54) is 10.4 Å². The van der Waals surface area contributed by atoms with E-state index in [-0.39, 0.29) is 29.4 Å². The van der Waals surface area contributed by atoms with E-state index in [1.54, 1.807) is 36.4 Å². The van der Waals surface area contributed by atoms with E-state index in [2.05, 4.69) is 4.98 Å². The van der Waals surface area contributed by atoms with Crippen molar-refractivity contribution in [3.8, 4) is 5.75 Å². The summed E-state index contributed by atoms with van der Waals surface area (Å²) in [5.74, 6) is -0.457. The highest BCUT2D eigenvalue weighted by Crippen LogP contribution is 2.32. The van der Waals surface area contributed by atoms with Crippen molar-refractivity contribution in [2.45, 2.75) is 18.6 Å². The van der Waals surface area contributed by atoms with E-state index in [0.717, 1.165) is 5.56 Å². The van der Waals surface area contributed by atoms with Gasteiger partial charge in [0, 0.05) is 6.54 Å². The Kier molecular flexibility index (Phi) is 6.04. The Labute approximate surface area is 171 Å². The summed E-state index contributed by atoms with van der Waals surface area (Å²) in [6.45, 7) is 0.329. The van der Waals surface area contributed by atoms with Gasteiger partial charge in [0.1, 0.15) is 34.7 Å². The molecular weight excluding hydrogens is 407 g/mol. The molecule has 0 bridgehead atoms. The molecule has 10 heteroatoms. The Hall–Kier alpha value is -2.39. The number of carbonyl (C=O) groups excluding carboxylic acids is 2. The number of nitrogens with one attached hydrogen (secondary N) is 1. The number of nitrogens with two attached hydrogens (primary N) is 1. The van der Waals surface area contributed by atoms with Crippen LogP contribution in [0.15, 0.2) is 36.4 Å². The SMILES string of the molecule is NC1(c2ccc(OCc3cc(Cl)nc(Cl)c3)cc2)CCN(CC(=O)NO)C1=O. The molecule has 1 aromatic carbocycles. The number of pyridine rings is 1. The first kappa shape index (κ1) is 20.3. The highest BCUT2D eigenvalue weighted by atomic mass is 35.5. The Balaban J connectivity index is 1.66. The maximum absolute atomic E-state index is 12.6. The summed E-state index contributed by atoms with van der Waals surface area (Å²) in [5.41, 5.74) is 8.00. The summed E-state index contributed by atoms with van der Waals surface area (Å²) >= 11 is 11.7. The predicted octanol–water partition coefficient (Wildman–Crippen LogP) is 1.86. The molecule has 1 atom stereocenters. The number of ether oxygens (including phenoxy) is 1. The van der Waals surface area contributed by atoms with Crippen molar-refractivity contribution in [2.24, 2.45) is 5.73 Å². The number of aromatic nitrogens is 1. The molecule has 148 valence electrons. The molecule has 0 saturated carbocycles. The summed E-state index contributed by atoms with van der Waals surface area (Å²) in [6.07, 6.45) is 0.360. The second kappa shape index (κ2) is 8.32. The van der Waals surface area contributed by atoms with Crippen LogP contribution in [0.3, 0.4) is 0 Å². The number of amides is 2. The van der Waals surface area contributed by atoms with Crippen LogP contribution in [0.4, 0.5) is 0 Å². The van der Waals surface area contributed by atoms with E-state index in [4.69, 9.17) is 38.9 Å². The van der Waals surface area contributed by atoms with Crippen molar-refractivity contribution in [1.29, 1.82) is 0 Å². The molecule has 1 aliphatic heterocycles. The smallest absolute Gasteiger partial charge is 0.262 e. The number of carbonyl (C=O) groups is 2. The van der Waals surface area contributed by atoms with Gasteiger partial charge >= 0.3 is 0 Å². The van der Waals surface area contributed by atoms with Crippen molar-refractivity contribution in [2.75, 3.05) is 13.1 Å². The Morgan fingerprint density at radius 2 is 1.93 bits per heavy atom. The molecule has 1 fully saturated rings. The third-order valence-corrected chi connectivity index (χ3v) is 4.89. The normalized spacial score (nSPS) is 19.0. The van der Waals surface area contributed by atoms with E-state index in [9.17, 15) is 9.59 Å². The van der Waals surface area contributed by atoms with Gasteiger partial charge in [-0.1, -0.05) is 35.3 Å². The minimum absolute atomic E-state index is 0.244. The zero-order valence-electron chi connectivity index (χ0n) is 14.7. The molecule has 1 aromatic heterocycles. The van der Waals surface area contributed by atoms with Crippen LogP contribution in [0.5, 0.6) is 5.75 Å². The highest BCUT2D eigenvalue weighted by molar-refractivity contribution is 6.32. The number of likely N-dealkylation sites (tertiary alicyclic amines) is 1. The summed E-state index contributed by atoms with van der Waals surface area (Å²) in [7, 11) is 0. The summed E-state index contributed by atoms with van der Waals surface area (Å²) in [5, 5.41) is 9.19. The molecule has 2 amide bonds. The second-order valence-corrected chi connectivity index (χ2v) is 7.19. The summed E-state index contributed by atoms with van der Waals surface area (Å²) in [6, 6.07) is 10.2. The number of halogens is 2. The molecule has 2 heterocycles. The quantitative estimate of drug-likeness (QED) is 0.370. The largest absolute Gasteiger partial charge is 0.489 e. The van der Waals surface area contributed by atoms with Crippen LogP contribution in [0.1, 0.15) is 17.5 Å². The molecule has 8 nitrogen and oxygen atoms in total.